The lowest BCUT2D eigenvalue weighted by molar-refractivity contribution is -0.137. The van der Waals surface area contributed by atoms with Gasteiger partial charge in [-0.05, 0) is 37.3 Å². The number of carbonyl (C=O) groups excluding carboxylic acids is 4. The number of hydrogen-bond donors (Lipinski definition) is 3. The molecule has 4 rings (SSSR count). The van der Waals surface area contributed by atoms with E-state index >= 15 is 0 Å². The Bertz CT molecular complexity index is 1080. The van der Waals surface area contributed by atoms with Gasteiger partial charge in [-0.1, -0.05) is 29.8 Å². The van der Waals surface area contributed by atoms with Gasteiger partial charge in [-0.25, -0.2) is 4.98 Å². The number of thiazole rings is 1. The molecule has 1 aromatic heterocycles. The normalized spacial score (nSPS) is 18.8. The third kappa shape index (κ3) is 5.74. The highest BCUT2D eigenvalue weighted by Crippen LogP contribution is 2.30. The largest absolute Gasteiger partial charge is 0.355 e. The van der Waals surface area contributed by atoms with E-state index in [1.54, 1.807) is 11.4 Å². The Morgan fingerprint density at radius 1 is 1.15 bits per heavy atom. The van der Waals surface area contributed by atoms with Crippen LogP contribution in [0.1, 0.15) is 52.7 Å². The van der Waals surface area contributed by atoms with Crippen LogP contribution >= 0.6 is 22.9 Å². The van der Waals surface area contributed by atoms with Gasteiger partial charge in [0.1, 0.15) is 11.6 Å². The lowest BCUT2D eigenvalue weighted by Crippen LogP contribution is -2.50. The molecule has 180 valence electrons. The molecular weight excluding hydrogens is 478 g/mol. The molecule has 1 atom stereocenters. The number of benzene rings is 1. The summed E-state index contributed by atoms with van der Waals surface area (Å²) in [5.41, 5.74) is 5.70. The van der Waals surface area contributed by atoms with Crippen LogP contribution in [-0.2, 0) is 20.8 Å². The predicted octanol–water partition coefficient (Wildman–Crippen LogP) is 2.03. The standard InChI is InChI=1S/C23H26ClN5O4S/c24-17-6-2-1-4-15(17)12-19(30)29-10-7-14(8-11-29)23-26-18(13-34-23)22(33)28-27-21(32)16-5-3-9-25-20(16)31/h1-2,4,6,13-14,16H,3,5,7-12H2,(H,25,31)(H,27,32)(H,28,33). The van der Waals surface area contributed by atoms with Crippen molar-refractivity contribution < 1.29 is 19.2 Å². The van der Waals surface area contributed by atoms with Crippen molar-refractivity contribution in [2.45, 2.75) is 38.0 Å². The Labute approximate surface area is 206 Å². The fourth-order valence-electron chi connectivity index (χ4n) is 4.16. The number of halogens is 1. The van der Waals surface area contributed by atoms with Crippen LogP contribution in [0.5, 0.6) is 0 Å². The average molecular weight is 504 g/mol. The number of hydrogen-bond acceptors (Lipinski definition) is 6. The van der Waals surface area contributed by atoms with Gasteiger partial charge in [-0.2, -0.15) is 0 Å². The SMILES string of the molecule is O=C(NNC(=O)C1CCCNC1=O)c1csc(C2CCN(C(=O)Cc3ccccc3Cl)CC2)n1. The average Bonchev–Trinajstić information content (AvgIpc) is 3.35. The van der Waals surface area contributed by atoms with E-state index in [1.807, 2.05) is 23.1 Å². The maximum absolute atomic E-state index is 12.7. The zero-order chi connectivity index (χ0) is 24.1. The van der Waals surface area contributed by atoms with E-state index in [4.69, 9.17) is 11.6 Å². The van der Waals surface area contributed by atoms with Crippen LogP contribution in [0, 0.1) is 5.92 Å². The Hall–Kier alpha value is -2.98. The van der Waals surface area contributed by atoms with E-state index in [-0.39, 0.29) is 29.8 Å². The lowest BCUT2D eigenvalue weighted by atomic mass is 9.97. The summed E-state index contributed by atoms with van der Waals surface area (Å²) in [5.74, 6) is -1.98. The number of nitrogens with one attached hydrogen (secondary N) is 3. The van der Waals surface area contributed by atoms with Gasteiger partial charge in [0, 0.05) is 36.0 Å². The number of amides is 4. The first-order valence-corrected chi connectivity index (χ1v) is 12.5. The minimum absolute atomic E-state index is 0.0492. The van der Waals surface area contributed by atoms with Crippen LogP contribution in [0.25, 0.3) is 0 Å². The van der Waals surface area contributed by atoms with E-state index in [0.717, 1.165) is 29.8 Å². The van der Waals surface area contributed by atoms with Crippen LogP contribution in [-0.4, -0.2) is 53.1 Å². The van der Waals surface area contributed by atoms with Crippen molar-refractivity contribution in [1.82, 2.24) is 26.1 Å². The van der Waals surface area contributed by atoms with E-state index in [2.05, 4.69) is 21.2 Å². The minimum Gasteiger partial charge on any atom is -0.355 e. The van der Waals surface area contributed by atoms with Crippen molar-refractivity contribution in [2.24, 2.45) is 5.92 Å². The summed E-state index contributed by atoms with van der Waals surface area (Å²) in [6.07, 6.45) is 2.97. The van der Waals surface area contributed by atoms with Gasteiger partial charge in [0.15, 0.2) is 0 Å². The van der Waals surface area contributed by atoms with Gasteiger partial charge in [0.25, 0.3) is 11.8 Å². The van der Waals surface area contributed by atoms with Crippen molar-refractivity contribution in [1.29, 1.82) is 0 Å². The number of hydrazine groups is 1. The van der Waals surface area contributed by atoms with Gasteiger partial charge >= 0.3 is 0 Å². The molecule has 1 unspecified atom stereocenters. The van der Waals surface area contributed by atoms with E-state index < -0.39 is 17.7 Å². The molecule has 34 heavy (non-hydrogen) atoms. The summed E-state index contributed by atoms with van der Waals surface area (Å²) >= 11 is 7.56. The topological polar surface area (TPSA) is 121 Å². The summed E-state index contributed by atoms with van der Waals surface area (Å²) in [5, 5.41) is 5.72. The molecule has 2 aliphatic rings. The van der Waals surface area contributed by atoms with E-state index in [0.29, 0.717) is 31.1 Å². The smallest absolute Gasteiger partial charge is 0.289 e. The minimum atomic E-state index is -0.800. The molecule has 0 saturated carbocycles. The van der Waals surface area contributed by atoms with Crippen LogP contribution in [0.15, 0.2) is 29.6 Å². The first kappa shape index (κ1) is 24.2. The fraction of sp³-hybridized carbons (Fsp3) is 0.435. The third-order valence-corrected chi connectivity index (χ3v) is 7.53. The number of likely N-dealkylation sites (tertiary alicyclic amines) is 1. The first-order chi connectivity index (χ1) is 16.4. The maximum Gasteiger partial charge on any atom is 0.289 e. The molecule has 11 heteroatoms. The molecule has 1 aromatic carbocycles. The third-order valence-electron chi connectivity index (χ3n) is 6.15. The Balaban J connectivity index is 1.25. The molecule has 3 heterocycles. The number of rotatable bonds is 5. The summed E-state index contributed by atoms with van der Waals surface area (Å²) in [6.45, 7) is 1.80. The van der Waals surface area contributed by atoms with Gasteiger partial charge in [0.2, 0.25) is 11.8 Å². The molecule has 9 nitrogen and oxygen atoms in total. The van der Waals surface area contributed by atoms with Gasteiger partial charge < -0.3 is 10.2 Å². The van der Waals surface area contributed by atoms with Crippen LogP contribution in [0.3, 0.4) is 0 Å². The summed E-state index contributed by atoms with van der Waals surface area (Å²) < 4.78 is 0. The Morgan fingerprint density at radius 2 is 1.91 bits per heavy atom. The highest BCUT2D eigenvalue weighted by Gasteiger charge is 2.30. The summed E-state index contributed by atoms with van der Waals surface area (Å²) in [6, 6.07) is 7.36. The number of piperidine rings is 2. The monoisotopic (exact) mass is 503 g/mol. The number of carbonyl (C=O) groups is 4. The lowest BCUT2D eigenvalue weighted by Gasteiger charge is -2.31. The molecule has 2 fully saturated rings. The van der Waals surface area contributed by atoms with Crippen LogP contribution in [0.4, 0.5) is 0 Å². The summed E-state index contributed by atoms with van der Waals surface area (Å²) in [7, 11) is 0. The van der Waals surface area contributed by atoms with E-state index in [1.165, 1.54) is 11.3 Å². The van der Waals surface area contributed by atoms with Gasteiger partial charge in [-0.15, -0.1) is 11.3 Å². The van der Waals surface area contributed by atoms with Crippen molar-refractivity contribution in [2.75, 3.05) is 19.6 Å². The van der Waals surface area contributed by atoms with E-state index in [9.17, 15) is 19.2 Å². The molecule has 4 amide bonds. The second-order valence-electron chi connectivity index (χ2n) is 8.42. The zero-order valence-corrected chi connectivity index (χ0v) is 20.1. The zero-order valence-electron chi connectivity index (χ0n) is 18.5. The Kier molecular flexibility index (Phi) is 7.79. The molecule has 0 aliphatic carbocycles. The number of aromatic nitrogens is 1. The maximum atomic E-state index is 12.7. The molecule has 0 radical (unpaired) electrons. The van der Waals surface area contributed by atoms with Crippen molar-refractivity contribution in [3.05, 3.63) is 50.9 Å². The fourth-order valence-corrected chi connectivity index (χ4v) is 5.34. The molecule has 0 bridgehead atoms. The van der Waals surface area contributed by atoms with Crippen molar-refractivity contribution >= 4 is 46.6 Å². The highest BCUT2D eigenvalue weighted by molar-refractivity contribution is 7.09. The highest BCUT2D eigenvalue weighted by atomic mass is 35.5. The predicted molar refractivity (Wildman–Crippen MR) is 127 cm³/mol. The molecule has 2 saturated heterocycles. The molecule has 2 aromatic rings. The quantitative estimate of drug-likeness (QED) is 0.426. The molecular formula is C23H26ClN5O4S. The van der Waals surface area contributed by atoms with Crippen molar-refractivity contribution in [3.63, 3.8) is 0 Å². The van der Waals surface area contributed by atoms with Crippen molar-refractivity contribution in [3.8, 4) is 0 Å². The first-order valence-electron chi connectivity index (χ1n) is 11.3. The van der Waals surface area contributed by atoms with Gasteiger partial charge in [-0.3, -0.25) is 30.0 Å². The number of nitrogens with zero attached hydrogens (tertiary/aromatic N) is 2. The molecule has 0 spiro atoms. The summed E-state index contributed by atoms with van der Waals surface area (Å²) in [4.78, 5) is 55.3. The van der Waals surface area contributed by atoms with Crippen LogP contribution in [0.2, 0.25) is 5.02 Å². The second-order valence-corrected chi connectivity index (χ2v) is 9.72. The molecule has 2 aliphatic heterocycles. The second kappa shape index (κ2) is 11.0. The molecule has 3 N–H and O–H groups in total. The van der Waals surface area contributed by atoms with Gasteiger partial charge in [0.05, 0.1) is 11.4 Å². The Morgan fingerprint density at radius 3 is 2.65 bits per heavy atom. The van der Waals surface area contributed by atoms with Crippen LogP contribution < -0.4 is 16.2 Å².